The number of aliphatic imine (C=N–C) groups is 1. The highest BCUT2D eigenvalue weighted by molar-refractivity contribution is 5.80. The van der Waals surface area contributed by atoms with E-state index in [0.717, 1.165) is 51.7 Å². The summed E-state index contributed by atoms with van der Waals surface area (Å²) < 4.78 is 20.1. The van der Waals surface area contributed by atoms with E-state index < -0.39 is 0 Å². The van der Waals surface area contributed by atoms with E-state index in [4.69, 9.17) is 4.74 Å². The molecule has 2 aliphatic heterocycles. The number of anilines is 1. The molecular formula is C23H29FN4O. The van der Waals surface area contributed by atoms with Gasteiger partial charge in [-0.2, -0.15) is 0 Å². The number of hydrogen-bond acceptors (Lipinski definition) is 3. The molecule has 2 aliphatic rings. The Balaban J connectivity index is 1.32. The third kappa shape index (κ3) is 4.53. The molecule has 2 unspecified atom stereocenters. The van der Waals surface area contributed by atoms with Gasteiger partial charge in [0.2, 0.25) is 0 Å². The Bertz CT molecular complexity index is 821. The Morgan fingerprint density at radius 3 is 2.52 bits per heavy atom. The fourth-order valence-electron chi connectivity index (χ4n) is 4.28. The van der Waals surface area contributed by atoms with Crippen LogP contribution in [0.1, 0.15) is 18.1 Å². The molecule has 0 aliphatic carbocycles. The molecule has 0 saturated carbocycles. The van der Waals surface area contributed by atoms with Crippen LogP contribution in [0.2, 0.25) is 0 Å². The summed E-state index contributed by atoms with van der Waals surface area (Å²) in [6, 6.07) is 17.4. The SMILES string of the molecule is CN=C(NCC1CCOC1c1ccccc1)N1CCN(c2ccccc2F)CC1. The molecule has 2 aromatic rings. The molecule has 1 N–H and O–H groups in total. The van der Waals surface area contributed by atoms with Gasteiger partial charge < -0.3 is 19.9 Å². The zero-order chi connectivity index (χ0) is 20.1. The first-order valence-electron chi connectivity index (χ1n) is 10.4. The second kappa shape index (κ2) is 9.27. The third-order valence-electron chi connectivity index (χ3n) is 5.85. The van der Waals surface area contributed by atoms with Gasteiger partial charge in [-0.25, -0.2) is 4.39 Å². The Morgan fingerprint density at radius 1 is 1.07 bits per heavy atom. The van der Waals surface area contributed by atoms with Crippen LogP contribution in [0.5, 0.6) is 0 Å². The zero-order valence-electron chi connectivity index (χ0n) is 16.9. The molecule has 2 heterocycles. The number of ether oxygens (including phenoxy) is 1. The number of nitrogens with zero attached hydrogens (tertiary/aromatic N) is 3. The first-order valence-corrected chi connectivity index (χ1v) is 10.4. The lowest BCUT2D eigenvalue weighted by atomic mass is 9.95. The third-order valence-corrected chi connectivity index (χ3v) is 5.85. The lowest BCUT2D eigenvalue weighted by molar-refractivity contribution is 0.0913. The van der Waals surface area contributed by atoms with Gasteiger partial charge in [0.05, 0.1) is 11.8 Å². The van der Waals surface area contributed by atoms with Crippen LogP contribution < -0.4 is 10.2 Å². The van der Waals surface area contributed by atoms with Crippen molar-refractivity contribution in [2.75, 3.05) is 51.3 Å². The fourth-order valence-corrected chi connectivity index (χ4v) is 4.28. The van der Waals surface area contributed by atoms with E-state index in [2.05, 4.69) is 44.4 Å². The smallest absolute Gasteiger partial charge is 0.193 e. The van der Waals surface area contributed by atoms with Gasteiger partial charge in [0.1, 0.15) is 5.82 Å². The lowest BCUT2D eigenvalue weighted by Gasteiger charge is -2.38. The summed E-state index contributed by atoms with van der Waals surface area (Å²) in [6.07, 6.45) is 1.18. The average Bonchev–Trinajstić information content (AvgIpc) is 3.24. The van der Waals surface area contributed by atoms with Gasteiger partial charge in [0.25, 0.3) is 0 Å². The molecule has 0 aromatic heterocycles. The van der Waals surface area contributed by atoms with Crippen molar-refractivity contribution < 1.29 is 9.13 Å². The quantitative estimate of drug-likeness (QED) is 0.636. The summed E-state index contributed by atoms with van der Waals surface area (Å²) in [7, 11) is 1.82. The predicted octanol–water partition coefficient (Wildman–Crippen LogP) is 3.30. The van der Waals surface area contributed by atoms with Gasteiger partial charge in [-0.3, -0.25) is 4.99 Å². The Morgan fingerprint density at radius 2 is 1.79 bits per heavy atom. The number of hydrogen-bond donors (Lipinski definition) is 1. The van der Waals surface area contributed by atoms with E-state index in [1.165, 1.54) is 11.6 Å². The molecule has 0 radical (unpaired) electrons. The second-order valence-corrected chi connectivity index (χ2v) is 7.60. The van der Waals surface area contributed by atoms with Crippen LogP contribution >= 0.6 is 0 Å². The number of rotatable bonds is 4. The van der Waals surface area contributed by atoms with E-state index in [1.807, 2.05) is 25.2 Å². The van der Waals surface area contributed by atoms with E-state index in [1.54, 1.807) is 6.07 Å². The van der Waals surface area contributed by atoms with E-state index in [9.17, 15) is 4.39 Å². The molecule has 2 aromatic carbocycles. The van der Waals surface area contributed by atoms with Gasteiger partial charge in [-0.05, 0) is 24.1 Å². The highest BCUT2D eigenvalue weighted by Crippen LogP contribution is 2.33. The van der Waals surface area contributed by atoms with Crippen molar-refractivity contribution in [3.63, 3.8) is 0 Å². The lowest BCUT2D eigenvalue weighted by Crippen LogP contribution is -2.53. The minimum atomic E-state index is -0.156. The zero-order valence-corrected chi connectivity index (χ0v) is 16.9. The van der Waals surface area contributed by atoms with Crippen LogP contribution in [0.3, 0.4) is 0 Å². The molecular weight excluding hydrogens is 367 g/mol. The fraction of sp³-hybridized carbons (Fsp3) is 0.435. The molecule has 154 valence electrons. The van der Waals surface area contributed by atoms with Crippen molar-refractivity contribution in [3.8, 4) is 0 Å². The monoisotopic (exact) mass is 396 g/mol. The summed E-state index contributed by atoms with van der Waals surface area (Å²) in [5.74, 6) is 1.18. The van der Waals surface area contributed by atoms with Crippen molar-refractivity contribution >= 4 is 11.6 Å². The molecule has 0 spiro atoms. The molecule has 29 heavy (non-hydrogen) atoms. The molecule has 6 heteroatoms. The molecule has 4 rings (SSSR count). The van der Waals surface area contributed by atoms with Crippen molar-refractivity contribution in [3.05, 3.63) is 66.0 Å². The predicted molar refractivity (Wildman–Crippen MR) is 115 cm³/mol. The van der Waals surface area contributed by atoms with Crippen LogP contribution in [-0.2, 0) is 4.74 Å². The largest absolute Gasteiger partial charge is 0.373 e. The van der Waals surface area contributed by atoms with Crippen LogP contribution in [0.15, 0.2) is 59.6 Å². The Hall–Kier alpha value is -2.60. The molecule has 5 nitrogen and oxygen atoms in total. The van der Waals surface area contributed by atoms with Gasteiger partial charge in [-0.15, -0.1) is 0 Å². The van der Waals surface area contributed by atoms with Crippen molar-refractivity contribution in [2.24, 2.45) is 10.9 Å². The maximum atomic E-state index is 14.1. The van der Waals surface area contributed by atoms with Gasteiger partial charge in [0.15, 0.2) is 5.96 Å². The number of para-hydroxylation sites is 1. The molecule has 0 bridgehead atoms. The van der Waals surface area contributed by atoms with Crippen LogP contribution in [0, 0.1) is 11.7 Å². The minimum absolute atomic E-state index is 0.139. The van der Waals surface area contributed by atoms with Crippen LogP contribution in [0.25, 0.3) is 0 Å². The molecule has 2 saturated heterocycles. The second-order valence-electron chi connectivity index (χ2n) is 7.60. The summed E-state index contributed by atoms with van der Waals surface area (Å²) >= 11 is 0. The van der Waals surface area contributed by atoms with E-state index in [0.29, 0.717) is 11.6 Å². The standard InChI is InChI=1S/C23H29FN4O/c1-25-23(26-17-19-11-16-29-22(19)18-7-3-2-4-8-18)28-14-12-27(13-15-28)21-10-6-5-9-20(21)24/h2-10,19,22H,11-17H2,1H3,(H,25,26). The Kier molecular flexibility index (Phi) is 6.30. The summed E-state index contributed by atoms with van der Waals surface area (Å²) in [6.45, 7) is 4.82. The van der Waals surface area contributed by atoms with Crippen molar-refractivity contribution in [1.82, 2.24) is 10.2 Å². The molecule has 2 atom stereocenters. The topological polar surface area (TPSA) is 40.1 Å². The maximum Gasteiger partial charge on any atom is 0.193 e. The van der Waals surface area contributed by atoms with Crippen molar-refractivity contribution in [1.29, 1.82) is 0 Å². The van der Waals surface area contributed by atoms with E-state index >= 15 is 0 Å². The number of benzene rings is 2. The normalized spacial score (nSPS) is 22.8. The number of nitrogens with one attached hydrogen (secondary N) is 1. The van der Waals surface area contributed by atoms with E-state index in [-0.39, 0.29) is 11.9 Å². The molecule has 2 fully saturated rings. The summed E-state index contributed by atoms with van der Waals surface area (Å²) in [5, 5.41) is 3.55. The molecule has 0 amide bonds. The van der Waals surface area contributed by atoms with Gasteiger partial charge in [-0.1, -0.05) is 42.5 Å². The number of halogens is 1. The highest BCUT2D eigenvalue weighted by Gasteiger charge is 2.30. The summed E-state index contributed by atoms with van der Waals surface area (Å²) in [4.78, 5) is 8.84. The maximum absolute atomic E-state index is 14.1. The highest BCUT2D eigenvalue weighted by atomic mass is 19.1. The average molecular weight is 397 g/mol. The number of piperazine rings is 1. The van der Waals surface area contributed by atoms with Gasteiger partial charge >= 0.3 is 0 Å². The Labute approximate surface area is 172 Å². The minimum Gasteiger partial charge on any atom is -0.373 e. The van der Waals surface area contributed by atoms with Gasteiger partial charge in [0, 0.05) is 52.3 Å². The van der Waals surface area contributed by atoms with Crippen LogP contribution in [-0.4, -0.2) is 57.2 Å². The number of guanidine groups is 1. The first-order chi connectivity index (χ1) is 14.3. The van der Waals surface area contributed by atoms with Crippen LogP contribution in [0.4, 0.5) is 10.1 Å². The van der Waals surface area contributed by atoms with Crippen molar-refractivity contribution in [2.45, 2.75) is 12.5 Å². The first kappa shape index (κ1) is 19.7. The summed E-state index contributed by atoms with van der Waals surface area (Å²) in [5.41, 5.74) is 1.93.